The van der Waals surface area contributed by atoms with E-state index in [9.17, 15) is 9.59 Å². The topological polar surface area (TPSA) is 112 Å². The van der Waals surface area contributed by atoms with Gasteiger partial charge in [-0.05, 0) is 60.7 Å². The molecule has 7 heteroatoms. The minimum atomic E-state index is -0.657. The van der Waals surface area contributed by atoms with Crippen LogP contribution in [0.15, 0.2) is 85.5 Å². The lowest BCUT2D eigenvalue weighted by molar-refractivity contribution is -0.111. The number of nitrogens with zero attached hydrogens (tertiary/aromatic N) is 1. The first-order valence-electron chi connectivity index (χ1n) is 9.48. The number of nitrogen functional groups attached to an aromatic ring is 1. The molecule has 7 nitrogen and oxygen atoms in total. The Balaban J connectivity index is 1.80. The second-order valence-corrected chi connectivity index (χ2v) is 6.80. The van der Waals surface area contributed by atoms with Gasteiger partial charge in [0.15, 0.2) is 0 Å². The lowest BCUT2D eigenvalue weighted by Gasteiger charge is -2.11. The van der Waals surface area contributed by atoms with E-state index in [1.165, 1.54) is 6.08 Å². The number of amides is 2. The highest BCUT2D eigenvalue weighted by Crippen LogP contribution is 2.34. The van der Waals surface area contributed by atoms with Crippen molar-refractivity contribution in [2.24, 2.45) is 5.73 Å². The van der Waals surface area contributed by atoms with Crippen LogP contribution >= 0.6 is 0 Å². The molecule has 4 aromatic rings. The molecule has 0 unspecified atom stereocenters. The summed E-state index contributed by atoms with van der Waals surface area (Å²) in [6, 6.07) is 21.8. The van der Waals surface area contributed by atoms with E-state index in [0.29, 0.717) is 33.8 Å². The van der Waals surface area contributed by atoms with E-state index < -0.39 is 5.91 Å². The standard InChI is InChI=1S/C24H20N4O3/c1-2-21(29)27-15-8-13-19-20(14-15)28(23(22(19)25)24(26)30)16-9-11-18(12-10-16)31-17-6-4-3-5-7-17/h2-14H,1,25H2,(H2,26,30)(H,27,29). The van der Waals surface area contributed by atoms with Crippen LogP contribution in [0.5, 0.6) is 11.5 Å². The summed E-state index contributed by atoms with van der Waals surface area (Å²) < 4.78 is 7.50. The number of aromatic nitrogens is 1. The largest absolute Gasteiger partial charge is 0.457 e. The number of rotatable bonds is 6. The molecule has 31 heavy (non-hydrogen) atoms. The zero-order valence-corrected chi connectivity index (χ0v) is 16.5. The lowest BCUT2D eigenvalue weighted by Crippen LogP contribution is -2.17. The molecule has 0 saturated carbocycles. The number of hydrogen-bond acceptors (Lipinski definition) is 4. The Hall–Kier alpha value is -4.52. The molecular formula is C24H20N4O3. The number of primary amides is 1. The number of fused-ring (bicyclic) bond motifs is 1. The number of ether oxygens (including phenoxy) is 1. The van der Waals surface area contributed by atoms with Gasteiger partial charge in [-0.1, -0.05) is 24.8 Å². The molecule has 2 amide bonds. The van der Waals surface area contributed by atoms with Crippen molar-refractivity contribution in [3.05, 3.63) is 91.1 Å². The minimum absolute atomic E-state index is 0.166. The number of carbonyl (C=O) groups is 2. The van der Waals surface area contributed by atoms with Gasteiger partial charge in [0, 0.05) is 16.8 Å². The first-order chi connectivity index (χ1) is 15.0. The molecule has 0 aliphatic carbocycles. The molecule has 0 bridgehead atoms. The fourth-order valence-electron chi connectivity index (χ4n) is 3.38. The Bertz CT molecular complexity index is 1290. The number of para-hydroxylation sites is 1. The minimum Gasteiger partial charge on any atom is -0.457 e. The van der Waals surface area contributed by atoms with Gasteiger partial charge in [0.25, 0.3) is 5.91 Å². The third-order valence-corrected chi connectivity index (χ3v) is 4.77. The van der Waals surface area contributed by atoms with Gasteiger partial charge in [-0.2, -0.15) is 0 Å². The zero-order chi connectivity index (χ0) is 22.0. The molecule has 0 aliphatic rings. The maximum Gasteiger partial charge on any atom is 0.267 e. The van der Waals surface area contributed by atoms with E-state index in [1.54, 1.807) is 47.0 Å². The molecular weight excluding hydrogens is 392 g/mol. The van der Waals surface area contributed by atoms with E-state index in [2.05, 4.69) is 11.9 Å². The normalized spacial score (nSPS) is 10.6. The molecule has 154 valence electrons. The van der Waals surface area contributed by atoms with Crippen LogP contribution in [0.4, 0.5) is 11.4 Å². The van der Waals surface area contributed by atoms with Crippen molar-refractivity contribution in [3.8, 4) is 17.2 Å². The van der Waals surface area contributed by atoms with Gasteiger partial charge in [0.05, 0.1) is 11.2 Å². The van der Waals surface area contributed by atoms with Gasteiger partial charge in [-0.3, -0.25) is 9.59 Å². The summed E-state index contributed by atoms with van der Waals surface area (Å²) in [5.41, 5.74) is 14.2. The zero-order valence-electron chi connectivity index (χ0n) is 16.5. The highest BCUT2D eigenvalue weighted by molar-refractivity contribution is 6.09. The van der Waals surface area contributed by atoms with Gasteiger partial charge in [0.2, 0.25) is 5.91 Å². The second kappa shape index (κ2) is 8.08. The Labute approximate surface area is 178 Å². The van der Waals surface area contributed by atoms with Crippen molar-refractivity contribution in [2.45, 2.75) is 0 Å². The summed E-state index contributed by atoms with van der Waals surface area (Å²) in [6.45, 7) is 3.45. The Morgan fingerprint density at radius 1 is 0.968 bits per heavy atom. The van der Waals surface area contributed by atoms with E-state index in [-0.39, 0.29) is 17.3 Å². The highest BCUT2D eigenvalue weighted by atomic mass is 16.5. The third kappa shape index (κ3) is 3.84. The predicted octanol–water partition coefficient (Wildman–Crippen LogP) is 4.23. The first-order valence-corrected chi connectivity index (χ1v) is 9.48. The Morgan fingerprint density at radius 3 is 2.29 bits per heavy atom. The quantitative estimate of drug-likeness (QED) is 0.411. The van der Waals surface area contributed by atoms with Gasteiger partial charge >= 0.3 is 0 Å². The van der Waals surface area contributed by atoms with Gasteiger partial charge in [-0.25, -0.2) is 0 Å². The number of nitrogens with one attached hydrogen (secondary N) is 1. The molecule has 0 radical (unpaired) electrons. The number of nitrogens with two attached hydrogens (primary N) is 2. The second-order valence-electron chi connectivity index (χ2n) is 6.80. The van der Waals surface area contributed by atoms with Crippen molar-refractivity contribution in [3.63, 3.8) is 0 Å². The molecule has 1 heterocycles. The summed E-state index contributed by atoms with van der Waals surface area (Å²) in [5.74, 6) is 0.350. The molecule has 0 atom stereocenters. The van der Waals surface area contributed by atoms with Crippen molar-refractivity contribution < 1.29 is 14.3 Å². The van der Waals surface area contributed by atoms with E-state index in [0.717, 1.165) is 0 Å². The van der Waals surface area contributed by atoms with Crippen LogP contribution < -0.4 is 21.5 Å². The van der Waals surface area contributed by atoms with Crippen LogP contribution in [0.3, 0.4) is 0 Å². The average Bonchev–Trinajstić information content (AvgIpc) is 3.07. The predicted molar refractivity (Wildman–Crippen MR) is 122 cm³/mol. The molecule has 0 spiro atoms. The van der Waals surface area contributed by atoms with E-state index in [1.807, 2.05) is 30.3 Å². The van der Waals surface area contributed by atoms with Crippen LogP contribution in [0, 0.1) is 0 Å². The Morgan fingerprint density at radius 2 is 1.65 bits per heavy atom. The summed E-state index contributed by atoms with van der Waals surface area (Å²) in [6.07, 6.45) is 1.18. The van der Waals surface area contributed by atoms with Gasteiger partial charge in [0.1, 0.15) is 17.2 Å². The summed E-state index contributed by atoms with van der Waals surface area (Å²) in [7, 11) is 0. The van der Waals surface area contributed by atoms with Gasteiger partial charge < -0.3 is 26.1 Å². The fourth-order valence-corrected chi connectivity index (χ4v) is 3.38. The van der Waals surface area contributed by atoms with Gasteiger partial charge in [-0.15, -0.1) is 0 Å². The molecule has 1 aromatic heterocycles. The number of anilines is 2. The maximum atomic E-state index is 12.2. The molecule has 0 saturated heterocycles. The summed E-state index contributed by atoms with van der Waals surface area (Å²) in [4.78, 5) is 23.9. The van der Waals surface area contributed by atoms with Crippen LogP contribution in [0.2, 0.25) is 0 Å². The van der Waals surface area contributed by atoms with Crippen LogP contribution in [-0.4, -0.2) is 16.4 Å². The monoisotopic (exact) mass is 412 g/mol. The van der Waals surface area contributed by atoms with Crippen LogP contribution in [0.1, 0.15) is 10.5 Å². The van der Waals surface area contributed by atoms with Crippen LogP contribution in [0.25, 0.3) is 16.6 Å². The number of hydrogen-bond donors (Lipinski definition) is 3. The fraction of sp³-hybridized carbons (Fsp3) is 0. The number of carbonyl (C=O) groups excluding carboxylic acids is 2. The smallest absolute Gasteiger partial charge is 0.267 e. The summed E-state index contributed by atoms with van der Waals surface area (Å²) >= 11 is 0. The SMILES string of the molecule is C=CC(=O)Nc1ccc2c(N)c(C(N)=O)n(-c3ccc(Oc4ccccc4)cc3)c2c1. The Kier molecular flexibility index (Phi) is 5.15. The van der Waals surface area contributed by atoms with Crippen molar-refractivity contribution in [2.75, 3.05) is 11.1 Å². The van der Waals surface area contributed by atoms with E-state index >= 15 is 0 Å². The third-order valence-electron chi connectivity index (χ3n) is 4.77. The average molecular weight is 412 g/mol. The molecule has 0 aliphatic heterocycles. The van der Waals surface area contributed by atoms with Crippen molar-refractivity contribution in [1.82, 2.24) is 4.57 Å². The van der Waals surface area contributed by atoms with Crippen molar-refractivity contribution in [1.29, 1.82) is 0 Å². The van der Waals surface area contributed by atoms with Crippen molar-refractivity contribution >= 4 is 34.1 Å². The molecule has 3 aromatic carbocycles. The molecule has 4 rings (SSSR count). The first kappa shape index (κ1) is 19.8. The molecule has 0 fully saturated rings. The van der Waals surface area contributed by atoms with Crippen LogP contribution in [-0.2, 0) is 4.79 Å². The lowest BCUT2D eigenvalue weighted by atomic mass is 10.2. The van der Waals surface area contributed by atoms with E-state index in [4.69, 9.17) is 16.2 Å². The number of benzene rings is 3. The maximum absolute atomic E-state index is 12.2. The summed E-state index contributed by atoms with van der Waals surface area (Å²) in [5, 5.41) is 3.36. The highest BCUT2D eigenvalue weighted by Gasteiger charge is 2.21. The molecule has 5 N–H and O–H groups in total.